The number of amides is 1. The average molecular weight is 254 g/mol. The van der Waals surface area contributed by atoms with Crippen molar-refractivity contribution in [3.8, 4) is 5.75 Å². The zero-order valence-electron chi connectivity index (χ0n) is 10.5. The van der Waals surface area contributed by atoms with E-state index in [1.165, 1.54) is 0 Å². The lowest BCUT2D eigenvalue weighted by Gasteiger charge is -2.13. The minimum atomic E-state index is -0.420. The molecule has 3 rings (SSSR count). The Kier molecular flexibility index (Phi) is 2.63. The third kappa shape index (κ3) is 2.12. The van der Waals surface area contributed by atoms with Gasteiger partial charge in [-0.3, -0.25) is 4.79 Å². The highest BCUT2D eigenvalue weighted by Gasteiger charge is 2.30. The smallest absolute Gasteiger partial charge is 0.251 e. The summed E-state index contributed by atoms with van der Waals surface area (Å²) in [6.45, 7) is 1.99. The summed E-state index contributed by atoms with van der Waals surface area (Å²) in [5.74, 6) is 0.0943. The summed E-state index contributed by atoms with van der Waals surface area (Å²) in [6.07, 6.45) is 0. The number of anilines is 2. The Balaban J connectivity index is 1.94. The van der Waals surface area contributed by atoms with E-state index < -0.39 is 6.04 Å². The first-order chi connectivity index (χ1) is 9.13. The van der Waals surface area contributed by atoms with E-state index in [1.54, 1.807) is 18.2 Å². The van der Waals surface area contributed by atoms with Gasteiger partial charge in [0, 0.05) is 23.0 Å². The Morgan fingerprint density at radius 3 is 2.84 bits per heavy atom. The Morgan fingerprint density at radius 2 is 2.05 bits per heavy atom. The van der Waals surface area contributed by atoms with Crippen molar-refractivity contribution < 1.29 is 9.90 Å². The van der Waals surface area contributed by atoms with Gasteiger partial charge in [-0.2, -0.15) is 0 Å². The first-order valence-corrected chi connectivity index (χ1v) is 6.10. The Bertz CT molecular complexity index is 652. The molecule has 0 aromatic heterocycles. The topological polar surface area (TPSA) is 61.4 Å². The van der Waals surface area contributed by atoms with Crippen molar-refractivity contribution in [3.05, 3.63) is 53.6 Å². The van der Waals surface area contributed by atoms with Gasteiger partial charge in [-0.15, -0.1) is 0 Å². The molecule has 0 saturated carbocycles. The molecule has 0 fully saturated rings. The summed E-state index contributed by atoms with van der Waals surface area (Å²) >= 11 is 0. The number of aryl methyl sites for hydroxylation is 1. The number of phenols is 1. The zero-order chi connectivity index (χ0) is 13.4. The maximum absolute atomic E-state index is 12.0. The summed E-state index contributed by atoms with van der Waals surface area (Å²) in [7, 11) is 0. The van der Waals surface area contributed by atoms with Gasteiger partial charge in [-0.25, -0.2) is 0 Å². The van der Waals surface area contributed by atoms with Crippen LogP contribution in [-0.4, -0.2) is 11.0 Å². The summed E-state index contributed by atoms with van der Waals surface area (Å²) in [4.78, 5) is 12.0. The molecule has 0 bridgehead atoms. The molecular weight excluding hydrogens is 240 g/mol. The van der Waals surface area contributed by atoms with Crippen molar-refractivity contribution in [3.63, 3.8) is 0 Å². The monoisotopic (exact) mass is 254 g/mol. The lowest BCUT2D eigenvalue weighted by atomic mass is 10.1. The quantitative estimate of drug-likeness (QED) is 0.772. The van der Waals surface area contributed by atoms with Crippen LogP contribution in [0.3, 0.4) is 0 Å². The minimum absolute atomic E-state index is 0.0797. The molecule has 0 aliphatic carbocycles. The summed E-state index contributed by atoms with van der Waals surface area (Å²) < 4.78 is 0. The van der Waals surface area contributed by atoms with E-state index >= 15 is 0 Å². The highest BCUT2D eigenvalue weighted by Crippen LogP contribution is 2.34. The SMILES string of the molecule is Cc1ccc2c(c1)C(Nc1cccc(O)c1)C(=O)N2. The molecule has 0 radical (unpaired) electrons. The number of rotatable bonds is 2. The van der Waals surface area contributed by atoms with Crippen LogP contribution in [-0.2, 0) is 4.79 Å². The van der Waals surface area contributed by atoms with Crippen molar-refractivity contribution in [2.45, 2.75) is 13.0 Å². The molecule has 96 valence electrons. The molecule has 2 aromatic carbocycles. The number of nitrogens with one attached hydrogen (secondary N) is 2. The molecule has 4 nitrogen and oxygen atoms in total. The predicted molar refractivity (Wildman–Crippen MR) is 74.3 cm³/mol. The Labute approximate surface area is 111 Å². The van der Waals surface area contributed by atoms with Gasteiger partial charge in [0.25, 0.3) is 5.91 Å². The molecule has 2 aromatic rings. The molecule has 1 aliphatic rings. The van der Waals surface area contributed by atoms with Crippen LogP contribution in [0.4, 0.5) is 11.4 Å². The molecule has 3 N–H and O–H groups in total. The fourth-order valence-electron chi connectivity index (χ4n) is 2.29. The van der Waals surface area contributed by atoms with E-state index in [9.17, 15) is 9.90 Å². The van der Waals surface area contributed by atoms with Gasteiger partial charge in [-0.05, 0) is 25.1 Å². The first kappa shape index (κ1) is 11.6. The highest BCUT2D eigenvalue weighted by molar-refractivity contribution is 6.04. The van der Waals surface area contributed by atoms with Gasteiger partial charge in [0.05, 0.1) is 0 Å². The zero-order valence-corrected chi connectivity index (χ0v) is 10.5. The fourth-order valence-corrected chi connectivity index (χ4v) is 2.29. The van der Waals surface area contributed by atoms with Crippen LogP contribution in [0.5, 0.6) is 5.75 Å². The van der Waals surface area contributed by atoms with Crippen molar-refractivity contribution in [2.75, 3.05) is 10.6 Å². The maximum Gasteiger partial charge on any atom is 0.251 e. The minimum Gasteiger partial charge on any atom is -0.508 e. The second-order valence-corrected chi connectivity index (χ2v) is 4.71. The van der Waals surface area contributed by atoms with Crippen LogP contribution < -0.4 is 10.6 Å². The molecule has 4 heteroatoms. The normalized spacial score (nSPS) is 16.9. The first-order valence-electron chi connectivity index (χ1n) is 6.10. The van der Waals surface area contributed by atoms with Crippen molar-refractivity contribution in [1.29, 1.82) is 0 Å². The number of carbonyl (C=O) groups excluding carboxylic acids is 1. The molecule has 1 amide bonds. The molecule has 0 saturated heterocycles. The molecular formula is C15H14N2O2. The van der Waals surface area contributed by atoms with Gasteiger partial charge in [0.15, 0.2) is 0 Å². The van der Waals surface area contributed by atoms with E-state index in [0.29, 0.717) is 0 Å². The lowest BCUT2D eigenvalue weighted by molar-refractivity contribution is -0.116. The van der Waals surface area contributed by atoms with Crippen LogP contribution >= 0.6 is 0 Å². The standard InChI is InChI=1S/C15H14N2O2/c1-9-5-6-13-12(7-9)14(15(19)17-13)16-10-3-2-4-11(18)8-10/h2-8,14,16,18H,1H3,(H,17,19). The van der Waals surface area contributed by atoms with Gasteiger partial charge in [-0.1, -0.05) is 23.8 Å². The van der Waals surface area contributed by atoms with Crippen LogP contribution in [0.2, 0.25) is 0 Å². The Morgan fingerprint density at radius 1 is 1.21 bits per heavy atom. The lowest BCUT2D eigenvalue weighted by Crippen LogP contribution is -2.19. The van der Waals surface area contributed by atoms with Crippen LogP contribution in [0.15, 0.2) is 42.5 Å². The Hall–Kier alpha value is -2.49. The third-order valence-electron chi connectivity index (χ3n) is 3.20. The molecule has 1 unspecified atom stereocenters. The number of fused-ring (bicyclic) bond motifs is 1. The number of aromatic hydroxyl groups is 1. The second-order valence-electron chi connectivity index (χ2n) is 4.71. The van der Waals surface area contributed by atoms with Crippen LogP contribution in [0, 0.1) is 6.92 Å². The number of hydrogen-bond acceptors (Lipinski definition) is 3. The van der Waals surface area contributed by atoms with Crippen molar-refractivity contribution in [2.24, 2.45) is 0 Å². The molecule has 1 heterocycles. The highest BCUT2D eigenvalue weighted by atomic mass is 16.3. The fraction of sp³-hybridized carbons (Fsp3) is 0.133. The van der Waals surface area contributed by atoms with E-state index in [-0.39, 0.29) is 11.7 Å². The predicted octanol–water partition coefficient (Wildman–Crippen LogP) is 2.81. The van der Waals surface area contributed by atoms with Crippen molar-refractivity contribution in [1.82, 2.24) is 0 Å². The van der Waals surface area contributed by atoms with E-state index in [2.05, 4.69) is 10.6 Å². The number of benzene rings is 2. The number of hydrogen-bond donors (Lipinski definition) is 3. The van der Waals surface area contributed by atoms with E-state index in [4.69, 9.17) is 0 Å². The maximum atomic E-state index is 12.0. The summed E-state index contributed by atoms with van der Waals surface area (Å²) in [5, 5.41) is 15.4. The van der Waals surface area contributed by atoms with Gasteiger partial charge >= 0.3 is 0 Å². The van der Waals surface area contributed by atoms with Crippen LogP contribution in [0.25, 0.3) is 0 Å². The molecule has 19 heavy (non-hydrogen) atoms. The van der Waals surface area contributed by atoms with Gasteiger partial charge < -0.3 is 15.7 Å². The van der Waals surface area contributed by atoms with E-state index in [0.717, 1.165) is 22.5 Å². The number of carbonyl (C=O) groups is 1. The molecule has 1 aliphatic heterocycles. The average Bonchev–Trinajstić information content (AvgIpc) is 2.66. The molecule has 0 spiro atoms. The van der Waals surface area contributed by atoms with Crippen molar-refractivity contribution >= 4 is 17.3 Å². The van der Waals surface area contributed by atoms with Crippen LogP contribution in [0.1, 0.15) is 17.2 Å². The summed E-state index contributed by atoms with van der Waals surface area (Å²) in [5.41, 5.74) is 3.61. The van der Waals surface area contributed by atoms with Gasteiger partial charge in [0.2, 0.25) is 0 Å². The van der Waals surface area contributed by atoms with E-state index in [1.807, 2.05) is 31.2 Å². The summed E-state index contributed by atoms with van der Waals surface area (Å²) in [6, 6.07) is 12.2. The van der Waals surface area contributed by atoms with Gasteiger partial charge in [0.1, 0.15) is 11.8 Å². The second kappa shape index (κ2) is 4.31. The third-order valence-corrected chi connectivity index (χ3v) is 3.20. The largest absolute Gasteiger partial charge is 0.508 e. The molecule has 1 atom stereocenters. The number of phenolic OH excluding ortho intramolecular Hbond substituents is 1.